The standard InChI is InChI=1S/C15H24O/c1-9(2)5-11(16)8-14(3)10-6-12-13(7-10)15(12,14)4/h9-10,12-13H,5-8H2,1-4H3. The van der Waals surface area contributed by atoms with Crippen LogP contribution in [0.25, 0.3) is 0 Å². The molecule has 4 aliphatic rings. The van der Waals surface area contributed by atoms with Gasteiger partial charge in [0.1, 0.15) is 5.78 Å². The Labute approximate surface area is 99.0 Å². The highest BCUT2D eigenvalue weighted by atomic mass is 16.1. The van der Waals surface area contributed by atoms with E-state index in [0.717, 1.165) is 30.6 Å². The molecule has 4 aliphatic carbocycles. The Bertz CT molecular complexity index is 331. The van der Waals surface area contributed by atoms with Crippen molar-refractivity contribution in [2.75, 3.05) is 0 Å². The van der Waals surface area contributed by atoms with Gasteiger partial charge in [-0.05, 0) is 47.3 Å². The van der Waals surface area contributed by atoms with E-state index in [-0.39, 0.29) is 0 Å². The summed E-state index contributed by atoms with van der Waals surface area (Å²) in [6.45, 7) is 9.16. The molecule has 4 bridgehead atoms. The Morgan fingerprint density at radius 3 is 2.19 bits per heavy atom. The molecule has 1 heteroatoms. The number of rotatable bonds is 4. The lowest BCUT2D eigenvalue weighted by Gasteiger charge is -2.33. The van der Waals surface area contributed by atoms with Gasteiger partial charge in [0.05, 0.1) is 0 Å². The molecule has 90 valence electrons. The molecule has 4 saturated carbocycles. The predicted molar refractivity (Wildman–Crippen MR) is 65.0 cm³/mol. The zero-order valence-corrected chi connectivity index (χ0v) is 11.0. The highest BCUT2D eigenvalue weighted by molar-refractivity contribution is 5.79. The Morgan fingerprint density at radius 1 is 1.25 bits per heavy atom. The fourth-order valence-electron chi connectivity index (χ4n) is 5.30. The van der Waals surface area contributed by atoms with Crippen molar-refractivity contribution in [1.29, 1.82) is 0 Å². The third-order valence-corrected chi connectivity index (χ3v) is 6.33. The number of ketones is 1. The number of carbonyl (C=O) groups is 1. The molecule has 4 fully saturated rings. The van der Waals surface area contributed by atoms with E-state index in [1.807, 2.05) is 0 Å². The van der Waals surface area contributed by atoms with Crippen LogP contribution in [0.5, 0.6) is 0 Å². The second-order valence-corrected chi connectivity index (χ2v) is 7.39. The van der Waals surface area contributed by atoms with Gasteiger partial charge in [-0.1, -0.05) is 27.7 Å². The quantitative estimate of drug-likeness (QED) is 0.706. The molecule has 0 spiro atoms. The molecule has 1 nitrogen and oxygen atoms in total. The number of Topliss-reactive ketones (excluding diaryl/α,β-unsaturated/α-hetero) is 1. The van der Waals surface area contributed by atoms with Gasteiger partial charge in [0.2, 0.25) is 0 Å². The number of hydrogen-bond acceptors (Lipinski definition) is 1. The lowest BCUT2D eigenvalue weighted by molar-refractivity contribution is -0.123. The topological polar surface area (TPSA) is 17.1 Å². The molecular weight excluding hydrogens is 196 g/mol. The first-order valence-corrected chi connectivity index (χ1v) is 6.91. The molecule has 3 unspecified atom stereocenters. The minimum atomic E-state index is 0.355. The molecule has 4 rings (SSSR count). The van der Waals surface area contributed by atoms with Crippen molar-refractivity contribution in [1.82, 2.24) is 0 Å². The zero-order chi connectivity index (χ0) is 11.7. The molecule has 3 atom stereocenters. The molecule has 16 heavy (non-hydrogen) atoms. The lowest BCUT2D eigenvalue weighted by atomic mass is 9.70. The first-order chi connectivity index (χ1) is 7.39. The molecule has 0 aromatic rings. The summed E-state index contributed by atoms with van der Waals surface area (Å²) in [5.74, 6) is 3.86. The van der Waals surface area contributed by atoms with Gasteiger partial charge in [0, 0.05) is 12.8 Å². The van der Waals surface area contributed by atoms with Crippen LogP contribution >= 0.6 is 0 Å². The Morgan fingerprint density at radius 2 is 1.81 bits per heavy atom. The molecule has 0 aromatic heterocycles. The van der Waals surface area contributed by atoms with E-state index < -0.39 is 0 Å². The monoisotopic (exact) mass is 220 g/mol. The van der Waals surface area contributed by atoms with Crippen LogP contribution in [-0.2, 0) is 4.79 Å². The smallest absolute Gasteiger partial charge is 0.133 e. The van der Waals surface area contributed by atoms with Crippen LogP contribution in [0.3, 0.4) is 0 Å². The van der Waals surface area contributed by atoms with Crippen LogP contribution in [0.1, 0.15) is 53.4 Å². The summed E-state index contributed by atoms with van der Waals surface area (Å²) >= 11 is 0. The Balaban J connectivity index is 1.74. The molecular formula is C15H24O. The van der Waals surface area contributed by atoms with Crippen molar-refractivity contribution in [3.05, 3.63) is 0 Å². The van der Waals surface area contributed by atoms with Crippen molar-refractivity contribution in [2.45, 2.75) is 53.4 Å². The van der Waals surface area contributed by atoms with Gasteiger partial charge in [-0.3, -0.25) is 4.79 Å². The number of carbonyl (C=O) groups excluding carboxylic acids is 1. The van der Waals surface area contributed by atoms with Gasteiger partial charge in [0.25, 0.3) is 0 Å². The average Bonchev–Trinajstić information content (AvgIpc) is 2.49. The van der Waals surface area contributed by atoms with Crippen LogP contribution in [0.4, 0.5) is 0 Å². The summed E-state index contributed by atoms with van der Waals surface area (Å²) in [7, 11) is 0. The number of hydrogen-bond donors (Lipinski definition) is 0. The molecule has 0 amide bonds. The zero-order valence-electron chi connectivity index (χ0n) is 11.0. The van der Waals surface area contributed by atoms with Gasteiger partial charge in [0.15, 0.2) is 0 Å². The van der Waals surface area contributed by atoms with Crippen molar-refractivity contribution in [2.24, 2.45) is 34.5 Å². The minimum Gasteiger partial charge on any atom is -0.300 e. The van der Waals surface area contributed by atoms with Crippen molar-refractivity contribution < 1.29 is 4.79 Å². The lowest BCUT2D eigenvalue weighted by Crippen LogP contribution is -2.30. The minimum absolute atomic E-state index is 0.355. The van der Waals surface area contributed by atoms with Crippen LogP contribution in [0.15, 0.2) is 0 Å². The van der Waals surface area contributed by atoms with Gasteiger partial charge >= 0.3 is 0 Å². The second kappa shape index (κ2) is 2.91. The van der Waals surface area contributed by atoms with E-state index >= 15 is 0 Å². The van der Waals surface area contributed by atoms with Crippen LogP contribution in [0, 0.1) is 34.5 Å². The summed E-state index contributed by atoms with van der Waals surface area (Å²) in [6, 6.07) is 0. The van der Waals surface area contributed by atoms with Gasteiger partial charge in [-0.2, -0.15) is 0 Å². The average molecular weight is 220 g/mol. The van der Waals surface area contributed by atoms with Crippen molar-refractivity contribution in [3.63, 3.8) is 0 Å². The second-order valence-electron chi connectivity index (χ2n) is 7.39. The fourth-order valence-corrected chi connectivity index (χ4v) is 5.30. The van der Waals surface area contributed by atoms with Crippen LogP contribution < -0.4 is 0 Å². The van der Waals surface area contributed by atoms with Crippen molar-refractivity contribution in [3.8, 4) is 0 Å². The van der Waals surface area contributed by atoms with Gasteiger partial charge < -0.3 is 0 Å². The van der Waals surface area contributed by atoms with Crippen LogP contribution in [0.2, 0.25) is 0 Å². The highest BCUT2D eigenvalue weighted by Gasteiger charge is 2.81. The Hall–Kier alpha value is -0.330. The van der Waals surface area contributed by atoms with E-state index in [0.29, 0.717) is 22.5 Å². The van der Waals surface area contributed by atoms with E-state index in [1.54, 1.807) is 0 Å². The third kappa shape index (κ3) is 1.05. The van der Waals surface area contributed by atoms with E-state index in [9.17, 15) is 4.79 Å². The summed E-state index contributed by atoms with van der Waals surface area (Å²) in [5.41, 5.74) is 0.901. The summed E-state index contributed by atoms with van der Waals surface area (Å²) in [4.78, 5) is 12.1. The van der Waals surface area contributed by atoms with E-state index in [1.165, 1.54) is 12.8 Å². The first-order valence-electron chi connectivity index (χ1n) is 6.91. The fraction of sp³-hybridized carbons (Fsp3) is 0.933. The molecule has 0 aromatic carbocycles. The first kappa shape index (κ1) is 10.8. The summed E-state index contributed by atoms with van der Waals surface area (Å²) in [5, 5.41) is 0. The largest absolute Gasteiger partial charge is 0.300 e. The summed E-state index contributed by atoms with van der Waals surface area (Å²) < 4.78 is 0. The highest BCUT2D eigenvalue weighted by Crippen LogP contribution is 2.86. The van der Waals surface area contributed by atoms with Crippen molar-refractivity contribution >= 4 is 5.78 Å². The molecule has 0 aliphatic heterocycles. The normalized spacial score (nSPS) is 52.4. The van der Waals surface area contributed by atoms with Crippen LogP contribution in [-0.4, -0.2) is 5.78 Å². The van der Waals surface area contributed by atoms with Gasteiger partial charge in [-0.25, -0.2) is 0 Å². The summed E-state index contributed by atoms with van der Waals surface area (Å²) in [6.07, 6.45) is 4.49. The maximum Gasteiger partial charge on any atom is 0.133 e. The molecule has 0 N–H and O–H groups in total. The molecule has 0 heterocycles. The predicted octanol–water partition coefficient (Wildman–Crippen LogP) is 3.67. The van der Waals surface area contributed by atoms with E-state index in [2.05, 4.69) is 27.7 Å². The molecule has 0 saturated heterocycles. The maximum absolute atomic E-state index is 12.1. The van der Waals surface area contributed by atoms with E-state index in [4.69, 9.17) is 0 Å². The van der Waals surface area contributed by atoms with Gasteiger partial charge in [-0.15, -0.1) is 0 Å². The molecule has 0 radical (unpaired) electrons. The SMILES string of the molecule is CC(C)CC(=O)CC1(C)C2CC3C(C2)C31C. The third-order valence-electron chi connectivity index (χ3n) is 6.33. The maximum atomic E-state index is 12.1. The Kier molecular flexibility index (Phi) is 1.97.